The predicted octanol–water partition coefficient (Wildman–Crippen LogP) is 1.63. The van der Waals surface area contributed by atoms with E-state index >= 15 is 0 Å². The monoisotopic (exact) mass is 384 g/mol. The van der Waals surface area contributed by atoms with Crippen LogP contribution >= 0.6 is 0 Å². The van der Waals surface area contributed by atoms with Gasteiger partial charge in [-0.15, -0.1) is 0 Å². The smallest absolute Gasteiger partial charge is 0.291 e. The standard InChI is InChI=1S/C19H28N8O/c1-11-12(2)21-17(19(28)26(5)6)25-18(11)27-8-7-14(10-27)24-16-9-15(20-4)22-13(3)23-16/h9,14H,7-8,10H2,1-6H3,(H2,20,22,23,24)/t14-/m1/s1. The Bertz CT molecular complexity index is 882. The van der Waals surface area contributed by atoms with Crippen molar-refractivity contribution in [2.75, 3.05) is 49.8 Å². The van der Waals surface area contributed by atoms with Gasteiger partial charge in [-0.2, -0.15) is 0 Å². The first-order valence-corrected chi connectivity index (χ1v) is 9.40. The number of nitrogens with one attached hydrogen (secondary N) is 2. The van der Waals surface area contributed by atoms with Crippen molar-refractivity contribution in [2.45, 2.75) is 33.2 Å². The fourth-order valence-corrected chi connectivity index (χ4v) is 3.27. The first-order valence-electron chi connectivity index (χ1n) is 9.40. The Morgan fingerprint density at radius 1 is 1.14 bits per heavy atom. The number of anilines is 3. The highest BCUT2D eigenvalue weighted by atomic mass is 16.2. The molecule has 0 aliphatic carbocycles. The first kappa shape index (κ1) is 19.8. The molecule has 1 atom stereocenters. The maximum Gasteiger partial charge on any atom is 0.291 e. The van der Waals surface area contributed by atoms with Gasteiger partial charge in [0.2, 0.25) is 5.82 Å². The minimum atomic E-state index is -0.186. The molecule has 3 heterocycles. The Morgan fingerprint density at radius 2 is 1.86 bits per heavy atom. The molecule has 9 nitrogen and oxygen atoms in total. The SMILES string of the molecule is CNc1cc(N[C@@H]2CCN(c3nc(C(=O)N(C)C)nc(C)c3C)C2)nc(C)n1. The summed E-state index contributed by atoms with van der Waals surface area (Å²) in [7, 11) is 5.26. The zero-order chi connectivity index (χ0) is 20.4. The van der Waals surface area contributed by atoms with Crippen LogP contribution in [0.4, 0.5) is 17.5 Å². The zero-order valence-corrected chi connectivity index (χ0v) is 17.4. The molecule has 28 heavy (non-hydrogen) atoms. The maximum absolute atomic E-state index is 12.3. The van der Waals surface area contributed by atoms with Gasteiger partial charge in [0.15, 0.2) is 0 Å². The van der Waals surface area contributed by atoms with Crippen molar-refractivity contribution in [3.63, 3.8) is 0 Å². The van der Waals surface area contributed by atoms with Crippen LogP contribution in [-0.2, 0) is 0 Å². The molecule has 1 aliphatic heterocycles. The van der Waals surface area contributed by atoms with Crippen molar-refractivity contribution < 1.29 is 4.79 Å². The Labute approximate surface area is 165 Å². The zero-order valence-electron chi connectivity index (χ0n) is 17.4. The van der Waals surface area contributed by atoms with E-state index in [0.717, 1.165) is 54.0 Å². The number of carbonyl (C=O) groups excluding carboxylic acids is 1. The van der Waals surface area contributed by atoms with Gasteiger partial charge in [0.05, 0.1) is 0 Å². The molecule has 9 heteroatoms. The van der Waals surface area contributed by atoms with Crippen LogP contribution < -0.4 is 15.5 Å². The lowest BCUT2D eigenvalue weighted by Crippen LogP contribution is -2.30. The highest BCUT2D eigenvalue weighted by Crippen LogP contribution is 2.25. The summed E-state index contributed by atoms with van der Waals surface area (Å²) in [5.41, 5.74) is 1.84. The van der Waals surface area contributed by atoms with E-state index in [-0.39, 0.29) is 17.8 Å². The van der Waals surface area contributed by atoms with Gasteiger partial charge in [0.1, 0.15) is 23.3 Å². The summed E-state index contributed by atoms with van der Waals surface area (Å²) < 4.78 is 0. The van der Waals surface area contributed by atoms with E-state index in [1.807, 2.05) is 33.9 Å². The van der Waals surface area contributed by atoms with Gasteiger partial charge in [-0.1, -0.05) is 0 Å². The number of rotatable bonds is 5. The summed E-state index contributed by atoms with van der Waals surface area (Å²) >= 11 is 0. The second kappa shape index (κ2) is 7.95. The van der Waals surface area contributed by atoms with E-state index < -0.39 is 0 Å². The highest BCUT2D eigenvalue weighted by Gasteiger charge is 2.27. The fourth-order valence-electron chi connectivity index (χ4n) is 3.27. The highest BCUT2D eigenvalue weighted by molar-refractivity contribution is 5.90. The van der Waals surface area contributed by atoms with Gasteiger partial charge in [-0.3, -0.25) is 4.79 Å². The van der Waals surface area contributed by atoms with E-state index in [4.69, 9.17) is 0 Å². The van der Waals surface area contributed by atoms with Gasteiger partial charge in [-0.05, 0) is 27.2 Å². The summed E-state index contributed by atoms with van der Waals surface area (Å²) in [6.45, 7) is 7.44. The van der Waals surface area contributed by atoms with E-state index in [2.05, 4.69) is 35.5 Å². The number of amides is 1. The molecule has 2 aromatic heterocycles. The van der Waals surface area contributed by atoms with Crippen molar-refractivity contribution in [1.82, 2.24) is 24.8 Å². The summed E-state index contributed by atoms with van der Waals surface area (Å²) in [5, 5.41) is 6.55. The molecule has 1 saturated heterocycles. The molecule has 3 rings (SSSR count). The number of aryl methyl sites for hydroxylation is 2. The van der Waals surface area contributed by atoms with Crippen LogP contribution in [0.5, 0.6) is 0 Å². The van der Waals surface area contributed by atoms with Crippen LogP contribution in [-0.4, -0.2) is 71.0 Å². The number of hydrogen-bond acceptors (Lipinski definition) is 8. The van der Waals surface area contributed by atoms with Gasteiger partial charge in [0.25, 0.3) is 5.91 Å². The molecule has 1 aliphatic rings. The lowest BCUT2D eigenvalue weighted by atomic mass is 10.2. The summed E-state index contributed by atoms with van der Waals surface area (Å²) in [6, 6.07) is 2.14. The average molecular weight is 384 g/mol. The van der Waals surface area contributed by atoms with Gasteiger partial charge >= 0.3 is 0 Å². The minimum absolute atomic E-state index is 0.186. The second-order valence-corrected chi connectivity index (χ2v) is 7.29. The lowest BCUT2D eigenvalue weighted by molar-refractivity contribution is 0.0815. The predicted molar refractivity (Wildman–Crippen MR) is 110 cm³/mol. The molecular formula is C19H28N8O. The van der Waals surface area contributed by atoms with Crippen molar-refractivity contribution in [3.05, 3.63) is 29.0 Å². The molecule has 0 spiro atoms. The number of aromatic nitrogens is 4. The van der Waals surface area contributed by atoms with Gasteiger partial charge in [-0.25, -0.2) is 19.9 Å². The van der Waals surface area contributed by atoms with E-state index in [9.17, 15) is 4.79 Å². The van der Waals surface area contributed by atoms with Crippen LogP contribution in [0.15, 0.2) is 6.07 Å². The third-order valence-electron chi connectivity index (χ3n) is 4.89. The molecule has 2 N–H and O–H groups in total. The molecular weight excluding hydrogens is 356 g/mol. The minimum Gasteiger partial charge on any atom is -0.373 e. The number of nitrogens with zero attached hydrogens (tertiary/aromatic N) is 6. The first-order chi connectivity index (χ1) is 13.3. The number of carbonyl (C=O) groups is 1. The second-order valence-electron chi connectivity index (χ2n) is 7.29. The number of hydrogen-bond donors (Lipinski definition) is 2. The fraction of sp³-hybridized carbons (Fsp3) is 0.526. The van der Waals surface area contributed by atoms with Gasteiger partial charge in [0, 0.05) is 57.6 Å². The quantitative estimate of drug-likeness (QED) is 0.802. The molecule has 0 radical (unpaired) electrons. The molecule has 0 saturated carbocycles. The van der Waals surface area contributed by atoms with E-state index in [1.165, 1.54) is 4.90 Å². The van der Waals surface area contributed by atoms with Crippen molar-refractivity contribution in [1.29, 1.82) is 0 Å². The normalized spacial score (nSPS) is 16.2. The lowest BCUT2D eigenvalue weighted by Gasteiger charge is -2.22. The Kier molecular flexibility index (Phi) is 5.62. The third-order valence-corrected chi connectivity index (χ3v) is 4.89. The molecule has 2 aromatic rings. The largest absolute Gasteiger partial charge is 0.373 e. The van der Waals surface area contributed by atoms with Crippen molar-refractivity contribution in [2.24, 2.45) is 0 Å². The molecule has 0 unspecified atom stereocenters. The van der Waals surface area contributed by atoms with Crippen LogP contribution in [0.25, 0.3) is 0 Å². The molecule has 1 fully saturated rings. The van der Waals surface area contributed by atoms with Crippen molar-refractivity contribution in [3.8, 4) is 0 Å². The molecule has 1 amide bonds. The van der Waals surface area contributed by atoms with E-state index in [1.54, 1.807) is 14.1 Å². The molecule has 0 bridgehead atoms. The summed E-state index contributed by atoms with van der Waals surface area (Å²) in [5.74, 6) is 3.20. The topological polar surface area (TPSA) is 99.2 Å². The van der Waals surface area contributed by atoms with Crippen LogP contribution in [0.2, 0.25) is 0 Å². The summed E-state index contributed by atoms with van der Waals surface area (Å²) in [6.07, 6.45) is 0.956. The Morgan fingerprint density at radius 3 is 2.54 bits per heavy atom. The van der Waals surface area contributed by atoms with Crippen LogP contribution in [0, 0.1) is 20.8 Å². The van der Waals surface area contributed by atoms with Crippen LogP contribution in [0.1, 0.15) is 34.1 Å². The third kappa shape index (κ3) is 4.13. The van der Waals surface area contributed by atoms with Gasteiger partial charge < -0.3 is 20.4 Å². The Hall–Kier alpha value is -2.97. The Balaban J connectivity index is 1.78. The maximum atomic E-state index is 12.3. The summed E-state index contributed by atoms with van der Waals surface area (Å²) in [4.78, 5) is 33.8. The average Bonchev–Trinajstić information content (AvgIpc) is 3.10. The molecule has 0 aromatic carbocycles. The van der Waals surface area contributed by atoms with Crippen molar-refractivity contribution >= 4 is 23.4 Å². The van der Waals surface area contributed by atoms with E-state index in [0.29, 0.717) is 0 Å². The van der Waals surface area contributed by atoms with Crippen LogP contribution in [0.3, 0.4) is 0 Å². The molecule has 150 valence electrons.